The Labute approximate surface area is 126 Å². The summed E-state index contributed by atoms with van der Waals surface area (Å²) < 4.78 is 0. The molecule has 3 atom stereocenters. The molecule has 1 heterocycles. The van der Waals surface area contributed by atoms with Crippen LogP contribution in [-0.2, 0) is 6.42 Å². The molecule has 1 amide bonds. The van der Waals surface area contributed by atoms with Crippen molar-refractivity contribution in [3.05, 3.63) is 23.4 Å². The molecular weight excluding hydrogens is 264 g/mol. The summed E-state index contributed by atoms with van der Waals surface area (Å²) in [5.74, 6) is 7.20. The highest BCUT2D eigenvalue weighted by Gasteiger charge is 2.26. The molecule has 4 N–H and O–H groups in total. The first-order valence-electron chi connectivity index (χ1n) is 7.82. The Balaban J connectivity index is 2.09. The number of carbonyl (C=O) groups is 1. The fraction of sp³-hybridized carbons (Fsp3) is 0.625. The molecule has 0 bridgehead atoms. The van der Waals surface area contributed by atoms with E-state index in [1.54, 1.807) is 6.07 Å². The molecule has 1 saturated carbocycles. The highest BCUT2D eigenvalue weighted by molar-refractivity contribution is 5.95. The lowest BCUT2D eigenvalue weighted by molar-refractivity contribution is 0.0899. The van der Waals surface area contributed by atoms with Crippen LogP contribution in [0.5, 0.6) is 0 Å². The molecule has 1 aliphatic carbocycles. The number of hydrazine groups is 1. The predicted molar refractivity (Wildman–Crippen MR) is 84.9 cm³/mol. The Morgan fingerprint density at radius 2 is 2.14 bits per heavy atom. The third-order valence-corrected chi connectivity index (χ3v) is 4.40. The van der Waals surface area contributed by atoms with Crippen LogP contribution in [-0.4, -0.2) is 16.9 Å². The van der Waals surface area contributed by atoms with E-state index in [-0.39, 0.29) is 11.9 Å². The van der Waals surface area contributed by atoms with Gasteiger partial charge in [0.05, 0.1) is 0 Å². The van der Waals surface area contributed by atoms with Gasteiger partial charge in [-0.15, -0.1) is 0 Å². The first kappa shape index (κ1) is 15.8. The van der Waals surface area contributed by atoms with Crippen molar-refractivity contribution in [3.63, 3.8) is 0 Å². The second-order valence-corrected chi connectivity index (χ2v) is 6.21. The molecule has 0 aliphatic heterocycles. The molecule has 21 heavy (non-hydrogen) atoms. The number of aromatic nitrogens is 1. The van der Waals surface area contributed by atoms with Crippen molar-refractivity contribution >= 4 is 11.7 Å². The quantitative estimate of drug-likeness (QED) is 0.588. The number of hydrogen-bond acceptors (Lipinski definition) is 4. The number of nitrogen functional groups attached to an aromatic ring is 1. The SMILES string of the molecule is CCc1cc(C(=O)NC2CCC(C)CC2C)cc(NN)n1. The lowest BCUT2D eigenvalue weighted by atomic mass is 9.80. The van der Waals surface area contributed by atoms with Gasteiger partial charge in [-0.05, 0) is 49.7 Å². The summed E-state index contributed by atoms with van der Waals surface area (Å²) in [7, 11) is 0. The van der Waals surface area contributed by atoms with Crippen molar-refractivity contribution in [2.75, 3.05) is 5.43 Å². The van der Waals surface area contributed by atoms with Gasteiger partial charge in [0.2, 0.25) is 0 Å². The minimum atomic E-state index is -0.0324. The zero-order chi connectivity index (χ0) is 15.4. The number of hydrogen-bond donors (Lipinski definition) is 3. The average Bonchev–Trinajstić information content (AvgIpc) is 2.49. The summed E-state index contributed by atoms with van der Waals surface area (Å²) in [6, 6.07) is 3.80. The van der Waals surface area contributed by atoms with Crippen LogP contribution >= 0.6 is 0 Å². The topological polar surface area (TPSA) is 80.0 Å². The van der Waals surface area contributed by atoms with E-state index in [4.69, 9.17) is 5.84 Å². The minimum absolute atomic E-state index is 0.0324. The monoisotopic (exact) mass is 290 g/mol. The molecule has 1 aliphatic rings. The molecule has 0 spiro atoms. The Morgan fingerprint density at radius 1 is 1.38 bits per heavy atom. The first-order valence-corrected chi connectivity index (χ1v) is 7.82. The maximum Gasteiger partial charge on any atom is 0.251 e. The summed E-state index contributed by atoms with van der Waals surface area (Å²) in [4.78, 5) is 16.8. The minimum Gasteiger partial charge on any atom is -0.349 e. The van der Waals surface area contributed by atoms with Crippen molar-refractivity contribution in [2.24, 2.45) is 17.7 Å². The molecule has 0 radical (unpaired) electrons. The number of aryl methyl sites for hydroxylation is 1. The normalized spacial score (nSPS) is 25.4. The van der Waals surface area contributed by atoms with Crippen LogP contribution < -0.4 is 16.6 Å². The van der Waals surface area contributed by atoms with Crippen LogP contribution in [0.15, 0.2) is 12.1 Å². The second kappa shape index (κ2) is 6.89. The molecule has 2 rings (SSSR count). The van der Waals surface area contributed by atoms with Gasteiger partial charge in [-0.2, -0.15) is 0 Å². The number of pyridine rings is 1. The molecule has 0 aromatic carbocycles. The van der Waals surface area contributed by atoms with Crippen LogP contribution in [0.2, 0.25) is 0 Å². The third-order valence-electron chi connectivity index (χ3n) is 4.40. The van der Waals surface area contributed by atoms with E-state index in [0.29, 0.717) is 17.3 Å². The number of anilines is 1. The van der Waals surface area contributed by atoms with Crippen molar-refractivity contribution in [3.8, 4) is 0 Å². The molecule has 5 nitrogen and oxygen atoms in total. The van der Waals surface area contributed by atoms with Crippen LogP contribution in [0.1, 0.15) is 56.1 Å². The van der Waals surface area contributed by atoms with Gasteiger partial charge in [0.15, 0.2) is 0 Å². The van der Waals surface area contributed by atoms with Gasteiger partial charge in [-0.25, -0.2) is 10.8 Å². The number of amides is 1. The van der Waals surface area contributed by atoms with E-state index >= 15 is 0 Å². The molecule has 5 heteroatoms. The Kier molecular flexibility index (Phi) is 5.17. The van der Waals surface area contributed by atoms with Gasteiger partial charge in [-0.3, -0.25) is 4.79 Å². The summed E-state index contributed by atoms with van der Waals surface area (Å²) in [6.07, 6.45) is 4.19. The van der Waals surface area contributed by atoms with Crippen molar-refractivity contribution < 1.29 is 4.79 Å². The Morgan fingerprint density at radius 3 is 2.76 bits per heavy atom. The molecule has 1 fully saturated rings. The van der Waals surface area contributed by atoms with Gasteiger partial charge in [0.25, 0.3) is 5.91 Å². The lowest BCUT2D eigenvalue weighted by Crippen LogP contribution is -2.42. The fourth-order valence-corrected chi connectivity index (χ4v) is 3.11. The van der Waals surface area contributed by atoms with E-state index in [9.17, 15) is 4.79 Å². The highest BCUT2D eigenvalue weighted by Crippen LogP contribution is 2.28. The van der Waals surface area contributed by atoms with Crippen LogP contribution in [0.4, 0.5) is 5.82 Å². The van der Waals surface area contributed by atoms with Crippen molar-refractivity contribution in [1.82, 2.24) is 10.3 Å². The number of nitrogens with zero attached hydrogens (tertiary/aromatic N) is 1. The van der Waals surface area contributed by atoms with Gasteiger partial charge >= 0.3 is 0 Å². The average molecular weight is 290 g/mol. The molecular formula is C16H26N4O. The summed E-state index contributed by atoms with van der Waals surface area (Å²) in [5.41, 5.74) is 4.01. The zero-order valence-electron chi connectivity index (χ0n) is 13.1. The maximum absolute atomic E-state index is 12.5. The number of nitrogens with one attached hydrogen (secondary N) is 2. The van der Waals surface area contributed by atoms with Crippen molar-refractivity contribution in [1.29, 1.82) is 0 Å². The number of carbonyl (C=O) groups excluding carboxylic acids is 1. The Hall–Kier alpha value is -1.62. The van der Waals surface area contributed by atoms with Crippen LogP contribution in [0, 0.1) is 11.8 Å². The fourth-order valence-electron chi connectivity index (χ4n) is 3.11. The van der Waals surface area contributed by atoms with E-state index < -0.39 is 0 Å². The largest absolute Gasteiger partial charge is 0.349 e. The highest BCUT2D eigenvalue weighted by atomic mass is 16.1. The second-order valence-electron chi connectivity index (χ2n) is 6.21. The number of rotatable bonds is 4. The Bertz CT molecular complexity index is 481. The summed E-state index contributed by atoms with van der Waals surface area (Å²) in [6.45, 7) is 6.51. The third kappa shape index (κ3) is 3.94. The molecule has 0 saturated heterocycles. The maximum atomic E-state index is 12.5. The van der Waals surface area contributed by atoms with Crippen LogP contribution in [0.3, 0.4) is 0 Å². The standard InChI is InChI=1S/C16H26N4O/c1-4-13-8-12(9-15(18-13)20-17)16(21)19-14-6-5-10(2)7-11(14)3/h8-11,14H,4-7,17H2,1-3H3,(H,18,20)(H,19,21). The smallest absolute Gasteiger partial charge is 0.251 e. The van der Waals surface area contributed by atoms with Gasteiger partial charge < -0.3 is 10.7 Å². The molecule has 1 aromatic rings. The lowest BCUT2D eigenvalue weighted by Gasteiger charge is -2.33. The van der Waals surface area contributed by atoms with Gasteiger partial charge in [-0.1, -0.05) is 20.8 Å². The molecule has 3 unspecified atom stereocenters. The van der Waals surface area contributed by atoms with E-state index in [1.165, 1.54) is 12.8 Å². The van der Waals surface area contributed by atoms with Gasteiger partial charge in [0.1, 0.15) is 5.82 Å². The zero-order valence-corrected chi connectivity index (χ0v) is 13.1. The summed E-state index contributed by atoms with van der Waals surface area (Å²) >= 11 is 0. The van der Waals surface area contributed by atoms with E-state index in [1.807, 2.05) is 13.0 Å². The van der Waals surface area contributed by atoms with Crippen LogP contribution in [0.25, 0.3) is 0 Å². The molecule has 1 aromatic heterocycles. The van der Waals surface area contributed by atoms with E-state index in [2.05, 4.69) is 29.6 Å². The first-order chi connectivity index (χ1) is 10.0. The van der Waals surface area contributed by atoms with Gasteiger partial charge in [0, 0.05) is 17.3 Å². The van der Waals surface area contributed by atoms with E-state index in [0.717, 1.165) is 24.5 Å². The summed E-state index contributed by atoms with van der Waals surface area (Å²) in [5, 5.41) is 3.17. The van der Waals surface area contributed by atoms with Crippen molar-refractivity contribution in [2.45, 2.75) is 52.5 Å². The number of nitrogens with two attached hydrogens (primary N) is 1. The molecule has 116 valence electrons. The predicted octanol–water partition coefficient (Wildman–Crippen LogP) is 2.48.